The molecule has 1 unspecified atom stereocenters. The van der Waals surface area contributed by atoms with Gasteiger partial charge in [0.15, 0.2) is 5.17 Å². The van der Waals surface area contributed by atoms with E-state index in [0.29, 0.717) is 5.17 Å². The second kappa shape index (κ2) is 10.4. The summed E-state index contributed by atoms with van der Waals surface area (Å²) in [5, 5.41) is 19.2. The molecule has 2 N–H and O–H groups in total. The van der Waals surface area contributed by atoms with Gasteiger partial charge in [-0.2, -0.15) is 5.10 Å². The van der Waals surface area contributed by atoms with Crippen LogP contribution >= 0.6 is 11.8 Å². The molecule has 2 fully saturated rings. The second-order valence-electron chi connectivity index (χ2n) is 7.10. The Balaban J connectivity index is 1.71. The van der Waals surface area contributed by atoms with E-state index in [9.17, 15) is 9.59 Å². The highest BCUT2D eigenvalue weighted by atomic mass is 32.2. The van der Waals surface area contributed by atoms with Crippen LogP contribution in [0.3, 0.4) is 0 Å². The molecule has 29 heavy (non-hydrogen) atoms. The molecule has 2 aliphatic heterocycles. The highest BCUT2D eigenvalue weighted by Gasteiger charge is 2.32. The van der Waals surface area contributed by atoms with E-state index in [1.165, 1.54) is 25.7 Å². The number of carboxylic acids is 1. The molecule has 0 radical (unpaired) electrons. The molecular weight excluding hydrogens is 392 g/mol. The Kier molecular flexibility index (Phi) is 7.65. The van der Waals surface area contributed by atoms with Gasteiger partial charge >= 0.3 is 5.97 Å². The van der Waals surface area contributed by atoms with E-state index >= 15 is 0 Å². The molecule has 0 saturated carbocycles. The van der Waals surface area contributed by atoms with Crippen LogP contribution in [-0.4, -0.2) is 58.7 Å². The highest BCUT2D eigenvalue weighted by Crippen LogP contribution is 2.23. The third-order valence-corrected chi connectivity index (χ3v) is 6.00. The van der Waals surface area contributed by atoms with Gasteiger partial charge in [0.05, 0.1) is 19.7 Å². The zero-order valence-corrected chi connectivity index (χ0v) is 17.3. The molecule has 1 aromatic rings. The van der Waals surface area contributed by atoms with E-state index in [0.717, 1.165) is 48.3 Å². The molecule has 2 heterocycles. The summed E-state index contributed by atoms with van der Waals surface area (Å²) in [5.74, 6) is -0.565. The van der Waals surface area contributed by atoms with Gasteiger partial charge in [0, 0.05) is 6.54 Å². The van der Waals surface area contributed by atoms with E-state index in [2.05, 4.69) is 20.4 Å². The number of hydrogen-bond donors (Lipinski definition) is 2. The van der Waals surface area contributed by atoms with Gasteiger partial charge in [-0.25, -0.2) is 0 Å². The van der Waals surface area contributed by atoms with Crippen LogP contribution in [0.2, 0.25) is 0 Å². The van der Waals surface area contributed by atoms with E-state index in [-0.39, 0.29) is 12.3 Å². The maximum absolute atomic E-state index is 11.8. The van der Waals surface area contributed by atoms with Crippen molar-refractivity contribution in [1.82, 2.24) is 10.2 Å². The Morgan fingerprint density at radius 2 is 2.10 bits per heavy atom. The summed E-state index contributed by atoms with van der Waals surface area (Å²) in [4.78, 5) is 25.0. The van der Waals surface area contributed by atoms with E-state index in [1.807, 2.05) is 18.2 Å². The number of carboxylic acid groups (broad SMARTS) is 1. The van der Waals surface area contributed by atoms with Crippen molar-refractivity contribution >= 4 is 35.0 Å². The molecule has 1 aromatic carbocycles. The number of amidine groups is 1. The number of carbonyl (C=O) groups is 2. The molecule has 0 aromatic heterocycles. The van der Waals surface area contributed by atoms with Crippen LogP contribution in [-0.2, 0) is 16.1 Å². The SMILES string of the molecule is COc1ccc(C=NN=C2NC(=O)C(CC(=O)O)S2)c(CN2CCCCCC2)c1. The topological polar surface area (TPSA) is 104 Å². The predicted octanol–water partition coefficient (Wildman–Crippen LogP) is 2.47. The molecule has 1 amide bonds. The van der Waals surface area contributed by atoms with Crippen LogP contribution < -0.4 is 10.1 Å². The molecule has 8 nitrogen and oxygen atoms in total. The average molecular weight is 419 g/mol. The van der Waals surface area contributed by atoms with Gasteiger partial charge in [-0.05, 0) is 55.3 Å². The van der Waals surface area contributed by atoms with Crippen LogP contribution in [0.1, 0.15) is 43.2 Å². The minimum atomic E-state index is -1.02. The number of nitrogens with one attached hydrogen (secondary N) is 1. The molecule has 156 valence electrons. The van der Waals surface area contributed by atoms with Gasteiger partial charge < -0.3 is 15.2 Å². The largest absolute Gasteiger partial charge is 0.497 e. The molecular formula is C20H26N4O4S. The number of nitrogens with zero attached hydrogens (tertiary/aromatic N) is 3. The summed E-state index contributed by atoms with van der Waals surface area (Å²) in [6, 6.07) is 5.85. The van der Waals surface area contributed by atoms with Crippen LogP contribution in [0.5, 0.6) is 5.75 Å². The number of benzene rings is 1. The van der Waals surface area contributed by atoms with Gasteiger partial charge in [0.25, 0.3) is 0 Å². The number of aliphatic carboxylic acids is 1. The molecule has 2 saturated heterocycles. The van der Waals surface area contributed by atoms with Crippen LogP contribution in [0.15, 0.2) is 28.4 Å². The number of hydrogen-bond acceptors (Lipinski definition) is 7. The minimum absolute atomic E-state index is 0.238. The summed E-state index contributed by atoms with van der Waals surface area (Å²) in [7, 11) is 1.65. The third kappa shape index (κ3) is 6.30. The van der Waals surface area contributed by atoms with Crippen molar-refractivity contribution in [2.45, 2.75) is 43.9 Å². The molecule has 0 spiro atoms. The van der Waals surface area contributed by atoms with Crippen LogP contribution in [0.25, 0.3) is 0 Å². The van der Waals surface area contributed by atoms with E-state index < -0.39 is 11.2 Å². The molecule has 0 bridgehead atoms. The van der Waals surface area contributed by atoms with E-state index in [1.54, 1.807) is 13.3 Å². The summed E-state index contributed by atoms with van der Waals surface area (Å²) in [6.07, 6.45) is 6.43. The van der Waals surface area contributed by atoms with Gasteiger partial charge in [-0.3, -0.25) is 14.5 Å². The fraction of sp³-hybridized carbons (Fsp3) is 0.500. The van der Waals surface area contributed by atoms with Crippen molar-refractivity contribution in [3.63, 3.8) is 0 Å². The van der Waals surface area contributed by atoms with Crippen molar-refractivity contribution in [3.05, 3.63) is 29.3 Å². The Morgan fingerprint density at radius 1 is 1.34 bits per heavy atom. The zero-order chi connectivity index (χ0) is 20.6. The maximum Gasteiger partial charge on any atom is 0.305 e. The first-order valence-electron chi connectivity index (χ1n) is 9.75. The summed E-state index contributed by atoms with van der Waals surface area (Å²) in [5.41, 5.74) is 2.05. The highest BCUT2D eigenvalue weighted by molar-refractivity contribution is 8.15. The number of amides is 1. The van der Waals surface area contributed by atoms with Crippen molar-refractivity contribution in [2.75, 3.05) is 20.2 Å². The van der Waals surface area contributed by atoms with Crippen LogP contribution in [0, 0.1) is 0 Å². The van der Waals surface area contributed by atoms with Gasteiger partial charge in [-0.15, -0.1) is 5.10 Å². The lowest BCUT2D eigenvalue weighted by Crippen LogP contribution is -2.26. The lowest BCUT2D eigenvalue weighted by molar-refractivity contribution is -0.138. The first-order valence-corrected chi connectivity index (χ1v) is 10.6. The lowest BCUT2D eigenvalue weighted by atomic mass is 10.1. The van der Waals surface area contributed by atoms with Gasteiger partial charge in [-0.1, -0.05) is 24.6 Å². The fourth-order valence-corrected chi connectivity index (χ4v) is 4.31. The molecule has 3 rings (SSSR count). The van der Waals surface area contributed by atoms with E-state index in [4.69, 9.17) is 9.84 Å². The Bertz CT molecular complexity index is 804. The molecule has 2 aliphatic rings. The zero-order valence-electron chi connectivity index (χ0n) is 16.5. The molecule has 1 atom stereocenters. The number of rotatable bonds is 7. The van der Waals surface area contributed by atoms with Gasteiger partial charge in [0.2, 0.25) is 5.91 Å². The number of carbonyl (C=O) groups excluding carboxylic acids is 1. The Labute approximate surface area is 174 Å². The predicted molar refractivity (Wildman–Crippen MR) is 114 cm³/mol. The van der Waals surface area contributed by atoms with Crippen molar-refractivity contribution in [3.8, 4) is 5.75 Å². The standard InChI is InChI=1S/C20H26N4O4S/c1-28-16-7-6-14(15(10-16)13-24-8-4-2-3-5-9-24)12-21-23-20-22-19(27)17(29-20)11-18(25)26/h6-7,10,12,17H,2-5,8-9,11,13H2,1H3,(H,25,26)(H,22,23,27). The lowest BCUT2D eigenvalue weighted by Gasteiger charge is -2.21. The first kappa shape index (κ1) is 21.3. The number of likely N-dealkylation sites (tertiary alicyclic amines) is 1. The second-order valence-corrected chi connectivity index (χ2v) is 8.29. The third-order valence-electron chi connectivity index (χ3n) is 4.92. The smallest absolute Gasteiger partial charge is 0.305 e. The van der Waals surface area contributed by atoms with Crippen molar-refractivity contribution < 1.29 is 19.4 Å². The average Bonchev–Trinajstić information content (AvgIpc) is 2.88. The van der Waals surface area contributed by atoms with Gasteiger partial charge in [0.1, 0.15) is 11.0 Å². The first-order chi connectivity index (χ1) is 14.0. The molecule has 0 aliphatic carbocycles. The fourth-order valence-electron chi connectivity index (χ4n) is 3.40. The normalized spacial score (nSPS) is 22.0. The summed E-state index contributed by atoms with van der Waals surface area (Å²) < 4.78 is 5.38. The van der Waals surface area contributed by atoms with Crippen molar-refractivity contribution in [1.29, 1.82) is 0 Å². The number of ether oxygens (including phenoxy) is 1. The summed E-state index contributed by atoms with van der Waals surface area (Å²) >= 11 is 1.09. The monoisotopic (exact) mass is 418 g/mol. The number of thioether (sulfide) groups is 1. The summed E-state index contributed by atoms with van der Waals surface area (Å²) in [6.45, 7) is 2.99. The minimum Gasteiger partial charge on any atom is -0.497 e. The molecule has 9 heteroatoms. The quantitative estimate of drug-likeness (QED) is 0.521. The van der Waals surface area contributed by atoms with Crippen molar-refractivity contribution in [2.24, 2.45) is 10.2 Å². The number of methoxy groups -OCH3 is 1. The Morgan fingerprint density at radius 3 is 2.79 bits per heavy atom. The van der Waals surface area contributed by atoms with Crippen LogP contribution in [0.4, 0.5) is 0 Å². The Hall–Kier alpha value is -2.39. The maximum atomic E-state index is 11.8.